The molecule has 0 amide bonds. The Balaban J connectivity index is 1.63. The van der Waals surface area contributed by atoms with E-state index in [0.717, 1.165) is 24.8 Å². The highest BCUT2D eigenvalue weighted by Crippen LogP contribution is 2.30. The normalized spacial score (nSPS) is 19.1. The molecule has 0 spiro atoms. The van der Waals surface area contributed by atoms with Gasteiger partial charge in [0.15, 0.2) is 0 Å². The molecule has 1 fully saturated rings. The summed E-state index contributed by atoms with van der Waals surface area (Å²) < 4.78 is 5.85. The Hall–Kier alpha value is -3.23. The van der Waals surface area contributed by atoms with Gasteiger partial charge in [0.25, 0.3) is 5.56 Å². The molecule has 8 nitrogen and oxygen atoms in total. The third-order valence-electron chi connectivity index (χ3n) is 7.55. The topological polar surface area (TPSA) is 128 Å². The minimum atomic E-state index is -0.307. The Morgan fingerprint density at radius 1 is 1.27 bits per heavy atom. The van der Waals surface area contributed by atoms with Gasteiger partial charge in [-0.05, 0) is 71.1 Å². The lowest BCUT2D eigenvalue weighted by Crippen LogP contribution is -2.48. The van der Waals surface area contributed by atoms with Crippen molar-refractivity contribution in [2.45, 2.75) is 77.4 Å². The highest BCUT2D eigenvalue weighted by molar-refractivity contribution is 5.96. The van der Waals surface area contributed by atoms with Crippen molar-refractivity contribution in [1.29, 1.82) is 5.41 Å². The van der Waals surface area contributed by atoms with E-state index in [9.17, 15) is 9.90 Å². The van der Waals surface area contributed by atoms with Crippen LogP contribution in [-0.2, 0) is 6.42 Å². The van der Waals surface area contributed by atoms with Crippen LogP contribution in [0.4, 0.5) is 0 Å². The van der Waals surface area contributed by atoms with Gasteiger partial charge in [0.2, 0.25) is 0 Å². The zero-order chi connectivity index (χ0) is 26.5. The molecular formula is C29H39N5O3. The van der Waals surface area contributed by atoms with E-state index in [1.807, 2.05) is 12.1 Å². The number of fused-ring (bicyclic) bond motifs is 1. The van der Waals surface area contributed by atoms with Crippen LogP contribution in [0, 0.1) is 5.41 Å². The highest BCUT2D eigenvalue weighted by Gasteiger charge is 2.28. The van der Waals surface area contributed by atoms with Gasteiger partial charge in [0, 0.05) is 34.8 Å². The first-order chi connectivity index (χ1) is 17.8. The number of aliphatic hydroxyl groups excluding tert-OH is 1. The third-order valence-corrected chi connectivity index (χ3v) is 7.55. The number of aliphatic hydroxyl groups is 1. The molecule has 37 heavy (non-hydrogen) atoms. The fraction of sp³-hybridized carbons (Fsp3) is 0.483. The van der Waals surface area contributed by atoms with Crippen LogP contribution >= 0.6 is 0 Å². The first kappa shape index (κ1) is 26.8. The van der Waals surface area contributed by atoms with Crippen LogP contribution in [0.15, 0.2) is 41.2 Å². The summed E-state index contributed by atoms with van der Waals surface area (Å²) in [5, 5.41) is 17.0. The van der Waals surface area contributed by atoms with Gasteiger partial charge in [0.05, 0.1) is 17.6 Å². The van der Waals surface area contributed by atoms with Crippen LogP contribution in [0.5, 0.6) is 5.75 Å². The molecule has 4 rings (SSSR count). The van der Waals surface area contributed by atoms with E-state index in [4.69, 9.17) is 20.9 Å². The maximum atomic E-state index is 13.2. The first-order valence-corrected chi connectivity index (χ1v) is 13.3. The maximum absolute atomic E-state index is 13.2. The molecule has 3 unspecified atom stereocenters. The Morgan fingerprint density at radius 3 is 2.73 bits per heavy atom. The number of nitrogens with one attached hydrogen (secondary N) is 2. The molecule has 198 valence electrons. The molecule has 1 aliphatic rings. The monoisotopic (exact) mass is 505 g/mol. The van der Waals surface area contributed by atoms with E-state index in [1.54, 1.807) is 24.3 Å². The molecule has 0 saturated carbocycles. The molecular weight excluding hydrogens is 466 g/mol. The molecule has 0 bridgehead atoms. The summed E-state index contributed by atoms with van der Waals surface area (Å²) in [5.74, 6) is 0.604. The average Bonchev–Trinajstić information content (AvgIpc) is 2.87. The number of amidine groups is 1. The third kappa shape index (κ3) is 6.02. The van der Waals surface area contributed by atoms with Gasteiger partial charge in [0.1, 0.15) is 23.9 Å². The average molecular weight is 506 g/mol. The molecule has 1 saturated heterocycles. The van der Waals surface area contributed by atoms with Crippen molar-refractivity contribution in [3.8, 4) is 17.0 Å². The van der Waals surface area contributed by atoms with Crippen LogP contribution in [0.2, 0.25) is 0 Å². The van der Waals surface area contributed by atoms with E-state index in [0.29, 0.717) is 46.0 Å². The van der Waals surface area contributed by atoms with Gasteiger partial charge in [-0.15, -0.1) is 0 Å². The number of hydrogen-bond donors (Lipinski definition) is 4. The minimum absolute atomic E-state index is 0.0606. The van der Waals surface area contributed by atoms with Crippen LogP contribution < -0.4 is 16.0 Å². The van der Waals surface area contributed by atoms with Gasteiger partial charge in [-0.2, -0.15) is 0 Å². The molecule has 2 aromatic carbocycles. The Labute approximate surface area is 218 Å². The standard InChI is InChI=1S/C29H39N5O3/c1-18-7-4-8-19(2)34(18)20(3)9-5-12-23-25(37-16-15-35)14-13-24-27(23)33-29(36)26(32-24)21-10-6-11-22(17-21)28(30)31/h6,10-11,13-14,17-20,35H,4-5,7-9,12,15-16H2,1-3H3,(H3,30,31)(H,33,36). The SMILES string of the molecule is CC(CCCc1c(OCCO)ccc2nc(-c3cccc(C(=N)N)c3)c(=O)[nH]c12)N1C(C)CCCC1C. The summed E-state index contributed by atoms with van der Waals surface area (Å²) in [5.41, 5.74) is 9.01. The number of piperidine rings is 1. The summed E-state index contributed by atoms with van der Waals surface area (Å²) in [6, 6.07) is 12.4. The molecule has 3 aromatic rings. The van der Waals surface area contributed by atoms with Crippen molar-refractivity contribution in [2.24, 2.45) is 5.73 Å². The van der Waals surface area contributed by atoms with Gasteiger partial charge in [-0.1, -0.05) is 24.6 Å². The fourth-order valence-electron chi connectivity index (χ4n) is 5.80. The smallest absolute Gasteiger partial charge is 0.274 e. The second-order valence-corrected chi connectivity index (χ2v) is 10.2. The van der Waals surface area contributed by atoms with Crippen molar-refractivity contribution >= 4 is 16.9 Å². The summed E-state index contributed by atoms with van der Waals surface area (Å²) in [4.78, 5) is 23.6. The number of nitrogens with zero attached hydrogens (tertiary/aromatic N) is 2. The molecule has 0 radical (unpaired) electrons. The summed E-state index contributed by atoms with van der Waals surface area (Å²) in [6.07, 6.45) is 6.52. The number of aryl methyl sites for hydroxylation is 1. The Kier molecular flexibility index (Phi) is 8.61. The number of aromatic nitrogens is 2. The summed E-state index contributed by atoms with van der Waals surface area (Å²) >= 11 is 0. The van der Waals surface area contributed by atoms with Crippen molar-refractivity contribution in [3.05, 3.63) is 57.9 Å². The molecule has 3 atom stereocenters. The minimum Gasteiger partial charge on any atom is -0.491 e. The largest absolute Gasteiger partial charge is 0.491 e. The lowest BCUT2D eigenvalue weighted by molar-refractivity contribution is 0.0580. The number of aromatic amines is 1. The lowest BCUT2D eigenvalue weighted by Gasteiger charge is -2.43. The van der Waals surface area contributed by atoms with Crippen LogP contribution in [-0.4, -0.2) is 57.1 Å². The van der Waals surface area contributed by atoms with Crippen molar-refractivity contribution in [1.82, 2.24) is 14.9 Å². The summed E-state index contributed by atoms with van der Waals surface area (Å²) in [6.45, 7) is 7.08. The highest BCUT2D eigenvalue weighted by atomic mass is 16.5. The number of H-pyrrole nitrogens is 1. The number of benzene rings is 2. The number of nitrogens with two attached hydrogens (primary N) is 1. The summed E-state index contributed by atoms with van der Waals surface area (Å²) in [7, 11) is 0. The maximum Gasteiger partial charge on any atom is 0.274 e. The van der Waals surface area contributed by atoms with E-state index in [-0.39, 0.29) is 30.3 Å². The second-order valence-electron chi connectivity index (χ2n) is 10.2. The quantitative estimate of drug-likeness (QED) is 0.241. The predicted octanol–water partition coefficient (Wildman–Crippen LogP) is 4.22. The second kappa shape index (κ2) is 11.9. The van der Waals surface area contributed by atoms with Crippen LogP contribution in [0.3, 0.4) is 0 Å². The van der Waals surface area contributed by atoms with Crippen molar-refractivity contribution < 1.29 is 9.84 Å². The molecule has 8 heteroatoms. The van der Waals surface area contributed by atoms with Gasteiger partial charge < -0.3 is 20.6 Å². The fourth-order valence-corrected chi connectivity index (χ4v) is 5.80. The number of likely N-dealkylation sites (tertiary alicyclic amines) is 1. The van der Waals surface area contributed by atoms with Gasteiger partial charge in [-0.3, -0.25) is 15.1 Å². The van der Waals surface area contributed by atoms with E-state index >= 15 is 0 Å². The first-order valence-electron chi connectivity index (χ1n) is 13.3. The van der Waals surface area contributed by atoms with Crippen LogP contribution in [0.25, 0.3) is 22.3 Å². The van der Waals surface area contributed by atoms with E-state index in [2.05, 4.69) is 30.7 Å². The number of rotatable bonds is 10. The van der Waals surface area contributed by atoms with E-state index < -0.39 is 0 Å². The van der Waals surface area contributed by atoms with Crippen molar-refractivity contribution in [3.63, 3.8) is 0 Å². The van der Waals surface area contributed by atoms with E-state index in [1.165, 1.54) is 19.3 Å². The van der Waals surface area contributed by atoms with Crippen molar-refractivity contribution in [2.75, 3.05) is 13.2 Å². The zero-order valence-corrected chi connectivity index (χ0v) is 22.1. The Bertz CT molecular complexity index is 1290. The number of ether oxygens (including phenoxy) is 1. The number of hydrogen-bond acceptors (Lipinski definition) is 6. The van der Waals surface area contributed by atoms with Gasteiger partial charge in [-0.25, -0.2) is 4.98 Å². The lowest BCUT2D eigenvalue weighted by atomic mass is 9.93. The van der Waals surface area contributed by atoms with Gasteiger partial charge >= 0.3 is 0 Å². The molecule has 5 N–H and O–H groups in total. The molecule has 2 heterocycles. The van der Waals surface area contributed by atoms with Crippen LogP contribution in [0.1, 0.15) is 64.0 Å². The molecule has 1 aliphatic heterocycles. The molecule has 1 aromatic heterocycles. The Morgan fingerprint density at radius 2 is 2.03 bits per heavy atom. The number of nitrogen functional groups attached to an aromatic ring is 1. The zero-order valence-electron chi connectivity index (χ0n) is 22.1. The predicted molar refractivity (Wildman–Crippen MR) is 148 cm³/mol. The molecule has 0 aliphatic carbocycles.